The van der Waals surface area contributed by atoms with Crippen molar-refractivity contribution in [2.45, 2.75) is 19.4 Å². The van der Waals surface area contributed by atoms with E-state index in [9.17, 15) is 9.90 Å². The van der Waals surface area contributed by atoms with Crippen LogP contribution in [0.4, 0.5) is 0 Å². The first kappa shape index (κ1) is 19.4. The molecule has 0 unspecified atom stereocenters. The van der Waals surface area contributed by atoms with Crippen LogP contribution in [0, 0.1) is 12.8 Å². The number of fused-ring (bicyclic) bond motifs is 1. The number of aromatic nitrogens is 3. The highest BCUT2D eigenvalue weighted by atomic mass is 16.5. The number of carbonyl (C=O) groups is 1. The number of hydrogen-bond acceptors (Lipinski definition) is 6. The van der Waals surface area contributed by atoms with Gasteiger partial charge in [-0.05, 0) is 36.2 Å². The molecule has 1 fully saturated rings. The highest BCUT2D eigenvalue weighted by Crippen LogP contribution is 2.27. The second kappa shape index (κ2) is 7.92. The Labute approximate surface area is 179 Å². The number of carbonyl (C=O) groups excluding carboxylic acids is 1. The molecule has 2 atom stereocenters. The highest BCUT2D eigenvalue weighted by Gasteiger charge is 2.34. The summed E-state index contributed by atoms with van der Waals surface area (Å²) in [6.45, 7) is 2.55. The van der Waals surface area contributed by atoms with Crippen LogP contribution < -0.4 is 0 Å². The summed E-state index contributed by atoms with van der Waals surface area (Å²) in [4.78, 5) is 23.5. The van der Waals surface area contributed by atoms with Crippen molar-refractivity contribution < 1.29 is 14.4 Å². The maximum absolute atomic E-state index is 13.1. The fourth-order valence-corrected chi connectivity index (χ4v) is 4.23. The molecule has 0 spiro atoms. The van der Waals surface area contributed by atoms with Crippen LogP contribution in [-0.2, 0) is 6.42 Å². The Bertz CT molecular complexity index is 1250. The van der Waals surface area contributed by atoms with Gasteiger partial charge in [-0.15, -0.1) is 0 Å². The molecule has 7 heteroatoms. The predicted molar refractivity (Wildman–Crippen MR) is 115 cm³/mol. The molecule has 156 valence electrons. The molecular weight excluding hydrogens is 392 g/mol. The number of hydrogen-bond donors (Lipinski definition) is 1. The molecule has 1 N–H and O–H groups in total. The zero-order valence-corrected chi connectivity index (χ0v) is 17.1. The van der Waals surface area contributed by atoms with Gasteiger partial charge in [-0.3, -0.25) is 9.78 Å². The second-order valence-electron chi connectivity index (χ2n) is 7.95. The highest BCUT2D eigenvalue weighted by molar-refractivity contribution is 5.95. The fraction of sp³-hybridized carbons (Fsp3) is 0.250. The third kappa shape index (κ3) is 3.80. The number of β-amino-alcohol motifs (C(OH)–C–C–N with tert-alkyl or cyclic N) is 1. The number of aliphatic hydroxyl groups is 1. The maximum Gasteiger partial charge on any atom is 0.253 e. The van der Waals surface area contributed by atoms with Crippen molar-refractivity contribution in [1.29, 1.82) is 0 Å². The summed E-state index contributed by atoms with van der Waals surface area (Å²) in [7, 11) is 0. The zero-order valence-electron chi connectivity index (χ0n) is 17.1. The molecule has 0 aliphatic carbocycles. The molecule has 5 rings (SSSR count). The summed E-state index contributed by atoms with van der Waals surface area (Å²) in [5.41, 5.74) is 3.34. The molecule has 2 aromatic carbocycles. The Morgan fingerprint density at radius 2 is 2.03 bits per heavy atom. The monoisotopic (exact) mass is 414 g/mol. The zero-order chi connectivity index (χ0) is 21.4. The van der Waals surface area contributed by atoms with Crippen LogP contribution >= 0.6 is 0 Å². The Morgan fingerprint density at radius 3 is 2.87 bits per heavy atom. The van der Waals surface area contributed by atoms with Gasteiger partial charge in [0.1, 0.15) is 0 Å². The molecule has 1 amide bonds. The minimum atomic E-state index is -0.570. The average Bonchev–Trinajstić information content (AvgIpc) is 3.39. The first-order chi connectivity index (χ1) is 15.1. The number of nitrogens with zero attached hydrogens (tertiary/aromatic N) is 4. The van der Waals surface area contributed by atoms with Gasteiger partial charge in [-0.25, -0.2) is 0 Å². The molecule has 0 saturated carbocycles. The predicted octanol–water partition coefficient (Wildman–Crippen LogP) is 3.27. The average molecular weight is 414 g/mol. The van der Waals surface area contributed by atoms with Gasteiger partial charge < -0.3 is 14.5 Å². The van der Waals surface area contributed by atoms with Gasteiger partial charge in [0.25, 0.3) is 5.91 Å². The standard InChI is InChI=1S/C24H22N4O3/c1-15-26-23(27-31-15)17-5-4-6-18(12-17)24(30)28-13-19(22(29)14-28)11-16-9-10-25-21-8-3-2-7-20(16)21/h2-10,12,19,22,29H,11,13-14H2,1H3/t19-,22-/m1/s1. The van der Waals surface area contributed by atoms with Crippen LogP contribution in [0.25, 0.3) is 22.3 Å². The van der Waals surface area contributed by atoms with Crippen molar-refractivity contribution in [1.82, 2.24) is 20.0 Å². The number of aliphatic hydroxyl groups excluding tert-OH is 1. The summed E-state index contributed by atoms with van der Waals surface area (Å²) < 4.78 is 5.04. The van der Waals surface area contributed by atoms with E-state index in [2.05, 4.69) is 15.1 Å². The molecule has 0 bridgehead atoms. The third-order valence-corrected chi connectivity index (χ3v) is 5.81. The number of likely N-dealkylation sites (tertiary alicyclic amines) is 1. The molecule has 1 saturated heterocycles. The summed E-state index contributed by atoms with van der Waals surface area (Å²) in [6.07, 6.45) is 1.92. The van der Waals surface area contributed by atoms with Gasteiger partial charge >= 0.3 is 0 Å². The molecule has 0 radical (unpaired) electrons. The lowest BCUT2D eigenvalue weighted by Crippen LogP contribution is -2.29. The Kier molecular flexibility index (Phi) is 4.95. The molecule has 3 heterocycles. The van der Waals surface area contributed by atoms with Crippen LogP contribution in [0.3, 0.4) is 0 Å². The van der Waals surface area contributed by atoms with E-state index in [-0.39, 0.29) is 11.8 Å². The minimum absolute atomic E-state index is 0.0298. The molecule has 4 aromatic rings. The van der Waals surface area contributed by atoms with E-state index >= 15 is 0 Å². The number of pyridine rings is 1. The van der Waals surface area contributed by atoms with Crippen molar-refractivity contribution in [3.05, 3.63) is 77.8 Å². The summed E-state index contributed by atoms with van der Waals surface area (Å²) >= 11 is 0. The van der Waals surface area contributed by atoms with E-state index in [4.69, 9.17) is 4.52 Å². The van der Waals surface area contributed by atoms with E-state index in [1.165, 1.54) is 0 Å². The van der Waals surface area contributed by atoms with Gasteiger partial charge in [0.2, 0.25) is 11.7 Å². The largest absolute Gasteiger partial charge is 0.391 e. The molecular formula is C24H22N4O3. The summed E-state index contributed by atoms with van der Waals surface area (Å²) in [5.74, 6) is 0.790. The van der Waals surface area contributed by atoms with Crippen LogP contribution in [0.15, 0.2) is 65.3 Å². The first-order valence-corrected chi connectivity index (χ1v) is 10.3. The van der Waals surface area contributed by atoms with E-state index in [1.807, 2.05) is 36.4 Å². The lowest BCUT2D eigenvalue weighted by atomic mass is 9.94. The third-order valence-electron chi connectivity index (χ3n) is 5.81. The fourth-order valence-electron chi connectivity index (χ4n) is 4.23. The van der Waals surface area contributed by atoms with Crippen LogP contribution in [0.5, 0.6) is 0 Å². The summed E-state index contributed by atoms with van der Waals surface area (Å²) in [5, 5.41) is 15.7. The molecule has 31 heavy (non-hydrogen) atoms. The Hall–Kier alpha value is -3.58. The second-order valence-corrected chi connectivity index (χ2v) is 7.95. The van der Waals surface area contributed by atoms with Gasteiger partial charge in [-0.2, -0.15) is 4.98 Å². The van der Waals surface area contributed by atoms with Gasteiger partial charge in [-0.1, -0.05) is 35.5 Å². The van der Waals surface area contributed by atoms with Crippen molar-refractivity contribution in [3.8, 4) is 11.4 Å². The van der Waals surface area contributed by atoms with Crippen molar-refractivity contribution >= 4 is 16.8 Å². The van der Waals surface area contributed by atoms with Gasteiger partial charge in [0.05, 0.1) is 11.6 Å². The van der Waals surface area contributed by atoms with Crippen molar-refractivity contribution in [3.63, 3.8) is 0 Å². The van der Waals surface area contributed by atoms with Gasteiger partial charge in [0.15, 0.2) is 0 Å². The lowest BCUT2D eigenvalue weighted by molar-refractivity contribution is 0.0764. The topological polar surface area (TPSA) is 92.4 Å². The smallest absolute Gasteiger partial charge is 0.253 e. The van der Waals surface area contributed by atoms with Crippen LogP contribution in [0.1, 0.15) is 21.8 Å². The molecule has 1 aliphatic rings. The van der Waals surface area contributed by atoms with E-state index < -0.39 is 6.10 Å². The van der Waals surface area contributed by atoms with Crippen molar-refractivity contribution in [2.24, 2.45) is 5.92 Å². The molecule has 7 nitrogen and oxygen atoms in total. The Balaban J connectivity index is 1.34. The number of rotatable bonds is 4. The van der Waals surface area contributed by atoms with Crippen LogP contribution in [0.2, 0.25) is 0 Å². The normalized spacial score (nSPS) is 18.6. The van der Waals surface area contributed by atoms with E-state index in [1.54, 1.807) is 36.2 Å². The van der Waals surface area contributed by atoms with E-state index in [0.717, 1.165) is 22.0 Å². The minimum Gasteiger partial charge on any atom is -0.391 e. The van der Waals surface area contributed by atoms with Crippen LogP contribution in [-0.4, -0.2) is 50.2 Å². The first-order valence-electron chi connectivity index (χ1n) is 10.3. The number of aryl methyl sites for hydroxylation is 1. The SMILES string of the molecule is Cc1nc(-c2cccc(C(=O)N3C[C@@H](Cc4ccnc5ccccc45)[C@H](O)C3)c2)no1. The quantitative estimate of drug-likeness (QED) is 0.551. The number of benzene rings is 2. The van der Waals surface area contributed by atoms with Gasteiger partial charge in [0, 0.05) is 48.6 Å². The molecule has 1 aliphatic heterocycles. The van der Waals surface area contributed by atoms with E-state index in [0.29, 0.717) is 36.8 Å². The number of amides is 1. The lowest BCUT2D eigenvalue weighted by Gasteiger charge is -2.17. The number of para-hydroxylation sites is 1. The molecule has 2 aromatic heterocycles. The van der Waals surface area contributed by atoms with Crippen molar-refractivity contribution in [2.75, 3.05) is 13.1 Å². The Morgan fingerprint density at radius 1 is 1.16 bits per heavy atom. The maximum atomic E-state index is 13.1. The summed E-state index contributed by atoms with van der Waals surface area (Å²) in [6, 6.07) is 17.2.